The monoisotopic (exact) mass is 210 g/mol. The molecular formula is C11H18N2O2. The van der Waals surface area contributed by atoms with Crippen LogP contribution in [-0.2, 0) is 9.53 Å². The number of amides is 1. The van der Waals surface area contributed by atoms with Crippen molar-refractivity contribution in [2.75, 3.05) is 26.8 Å². The molecule has 1 aliphatic rings. The van der Waals surface area contributed by atoms with Gasteiger partial charge in [-0.05, 0) is 12.3 Å². The molecular weight excluding hydrogens is 192 g/mol. The summed E-state index contributed by atoms with van der Waals surface area (Å²) in [6, 6.07) is 2.01. The lowest BCUT2D eigenvalue weighted by Crippen LogP contribution is -2.31. The third kappa shape index (κ3) is 5.38. The number of nitrogens with zero attached hydrogens (tertiary/aromatic N) is 2. The molecule has 0 heterocycles. The summed E-state index contributed by atoms with van der Waals surface area (Å²) in [4.78, 5) is 12.9. The second-order valence-corrected chi connectivity index (χ2v) is 4.01. The molecule has 15 heavy (non-hydrogen) atoms. The number of rotatable bonds is 7. The van der Waals surface area contributed by atoms with Crippen LogP contribution in [0.5, 0.6) is 0 Å². The summed E-state index contributed by atoms with van der Waals surface area (Å²) in [7, 11) is 1.70. The molecule has 1 amide bonds. The molecule has 0 aliphatic heterocycles. The Bertz CT molecular complexity index is 243. The van der Waals surface area contributed by atoms with Crippen molar-refractivity contribution in [3.63, 3.8) is 0 Å². The van der Waals surface area contributed by atoms with Crippen LogP contribution < -0.4 is 0 Å². The van der Waals surface area contributed by atoms with Crippen molar-refractivity contribution >= 4 is 5.91 Å². The second kappa shape index (κ2) is 6.41. The molecule has 1 rings (SSSR count). The fourth-order valence-corrected chi connectivity index (χ4v) is 1.27. The van der Waals surface area contributed by atoms with Crippen LogP contribution in [0.2, 0.25) is 0 Å². The molecule has 1 fully saturated rings. The number of likely N-dealkylation sites (N-methyl/N-ethyl adjacent to an activating group) is 1. The molecule has 0 atom stereocenters. The largest absolute Gasteiger partial charge is 0.372 e. The molecule has 0 bridgehead atoms. The van der Waals surface area contributed by atoms with Crippen LogP contribution in [0, 0.1) is 17.2 Å². The topological polar surface area (TPSA) is 53.3 Å². The van der Waals surface area contributed by atoms with Crippen molar-refractivity contribution in [1.29, 1.82) is 5.26 Å². The summed E-state index contributed by atoms with van der Waals surface area (Å²) >= 11 is 0. The Kier molecular flexibility index (Phi) is 5.13. The van der Waals surface area contributed by atoms with Crippen LogP contribution in [0.25, 0.3) is 0 Å². The van der Waals surface area contributed by atoms with Gasteiger partial charge >= 0.3 is 0 Å². The Labute approximate surface area is 90.8 Å². The lowest BCUT2D eigenvalue weighted by molar-refractivity contribution is -0.134. The zero-order chi connectivity index (χ0) is 11.1. The van der Waals surface area contributed by atoms with E-state index in [-0.39, 0.29) is 12.5 Å². The van der Waals surface area contributed by atoms with E-state index in [1.165, 1.54) is 12.8 Å². The molecule has 0 aromatic heterocycles. The molecule has 0 unspecified atom stereocenters. The highest BCUT2D eigenvalue weighted by molar-refractivity contribution is 5.77. The summed E-state index contributed by atoms with van der Waals surface area (Å²) < 4.78 is 5.27. The van der Waals surface area contributed by atoms with Crippen molar-refractivity contribution in [2.45, 2.75) is 25.7 Å². The van der Waals surface area contributed by atoms with E-state index in [9.17, 15) is 4.79 Å². The van der Waals surface area contributed by atoms with Gasteiger partial charge in [0, 0.05) is 20.2 Å². The fraction of sp³-hybridized carbons (Fsp3) is 0.818. The van der Waals surface area contributed by atoms with Crippen LogP contribution in [0.1, 0.15) is 25.7 Å². The highest BCUT2D eigenvalue weighted by Gasteiger charge is 2.20. The molecule has 4 heteroatoms. The van der Waals surface area contributed by atoms with E-state index in [0.29, 0.717) is 19.6 Å². The van der Waals surface area contributed by atoms with Gasteiger partial charge in [0.15, 0.2) is 0 Å². The molecule has 1 saturated carbocycles. The summed E-state index contributed by atoms with van der Waals surface area (Å²) in [5.74, 6) is 0.803. The Hall–Kier alpha value is -1.08. The predicted molar refractivity (Wildman–Crippen MR) is 56.0 cm³/mol. The van der Waals surface area contributed by atoms with Gasteiger partial charge < -0.3 is 9.64 Å². The van der Waals surface area contributed by atoms with Gasteiger partial charge in [0.05, 0.1) is 12.5 Å². The minimum absolute atomic E-state index is 0.0407. The number of ether oxygens (including phenoxy) is 1. The summed E-state index contributed by atoms with van der Waals surface area (Å²) in [5.41, 5.74) is 0. The third-order valence-corrected chi connectivity index (χ3v) is 2.58. The van der Waals surface area contributed by atoms with Gasteiger partial charge in [0.25, 0.3) is 0 Å². The first-order chi connectivity index (χ1) is 7.24. The SMILES string of the molecule is CN(CCC#N)C(=O)COCCC1CC1. The van der Waals surface area contributed by atoms with Gasteiger partial charge in [0.2, 0.25) is 5.91 Å². The van der Waals surface area contributed by atoms with Gasteiger partial charge in [-0.25, -0.2) is 0 Å². The number of carbonyl (C=O) groups is 1. The lowest BCUT2D eigenvalue weighted by Gasteiger charge is -2.15. The maximum atomic E-state index is 11.4. The quantitative estimate of drug-likeness (QED) is 0.593. The van der Waals surface area contributed by atoms with E-state index < -0.39 is 0 Å². The smallest absolute Gasteiger partial charge is 0.248 e. The highest BCUT2D eigenvalue weighted by Crippen LogP contribution is 2.31. The van der Waals surface area contributed by atoms with E-state index >= 15 is 0 Å². The lowest BCUT2D eigenvalue weighted by atomic mass is 10.3. The van der Waals surface area contributed by atoms with Crippen LogP contribution in [-0.4, -0.2) is 37.6 Å². The van der Waals surface area contributed by atoms with Gasteiger partial charge in [-0.15, -0.1) is 0 Å². The van der Waals surface area contributed by atoms with Crippen LogP contribution in [0.15, 0.2) is 0 Å². The molecule has 0 N–H and O–H groups in total. The minimum atomic E-state index is -0.0407. The number of carbonyl (C=O) groups excluding carboxylic acids is 1. The highest BCUT2D eigenvalue weighted by atomic mass is 16.5. The maximum absolute atomic E-state index is 11.4. The first kappa shape index (κ1) is 12.0. The number of hydrogen-bond donors (Lipinski definition) is 0. The van der Waals surface area contributed by atoms with E-state index in [0.717, 1.165) is 12.3 Å². The Morgan fingerprint density at radius 1 is 1.60 bits per heavy atom. The van der Waals surface area contributed by atoms with Crippen molar-refractivity contribution in [2.24, 2.45) is 5.92 Å². The summed E-state index contributed by atoms with van der Waals surface area (Å²) in [5, 5.41) is 8.36. The average molecular weight is 210 g/mol. The Morgan fingerprint density at radius 2 is 2.33 bits per heavy atom. The Morgan fingerprint density at radius 3 is 2.93 bits per heavy atom. The molecule has 84 valence electrons. The van der Waals surface area contributed by atoms with E-state index in [2.05, 4.69) is 0 Å². The van der Waals surface area contributed by atoms with Crippen LogP contribution >= 0.6 is 0 Å². The summed E-state index contributed by atoms with van der Waals surface area (Å²) in [6.45, 7) is 1.32. The van der Waals surface area contributed by atoms with Crippen molar-refractivity contribution in [1.82, 2.24) is 4.90 Å². The van der Waals surface area contributed by atoms with Gasteiger partial charge in [-0.3, -0.25) is 4.79 Å². The number of hydrogen-bond acceptors (Lipinski definition) is 3. The van der Waals surface area contributed by atoms with Gasteiger partial charge in [-0.2, -0.15) is 5.26 Å². The molecule has 0 radical (unpaired) electrons. The van der Waals surface area contributed by atoms with E-state index in [1.54, 1.807) is 11.9 Å². The third-order valence-electron chi connectivity index (χ3n) is 2.58. The van der Waals surface area contributed by atoms with Crippen LogP contribution in [0.3, 0.4) is 0 Å². The molecule has 1 aliphatic carbocycles. The van der Waals surface area contributed by atoms with E-state index in [1.807, 2.05) is 6.07 Å². The predicted octanol–water partition coefficient (Wildman–Crippen LogP) is 1.18. The second-order valence-electron chi connectivity index (χ2n) is 4.01. The molecule has 0 spiro atoms. The van der Waals surface area contributed by atoms with Crippen molar-refractivity contribution in [3.05, 3.63) is 0 Å². The standard InChI is InChI=1S/C11H18N2O2/c1-13(7-2-6-12)11(14)9-15-8-5-10-3-4-10/h10H,2-5,7-9H2,1H3. The Balaban J connectivity index is 1.98. The average Bonchev–Trinajstić information content (AvgIpc) is 3.04. The van der Waals surface area contributed by atoms with Crippen LogP contribution in [0.4, 0.5) is 0 Å². The first-order valence-corrected chi connectivity index (χ1v) is 5.42. The maximum Gasteiger partial charge on any atom is 0.248 e. The molecule has 4 nitrogen and oxygen atoms in total. The zero-order valence-corrected chi connectivity index (χ0v) is 9.24. The molecule has 0 aromatic carbocycles. The molecule has 0 aromatic rings. The van der Waals surface area contributed by atoms with Crippen molar-refractivity contribution < 1.29 is 9.53 Å². The van der Waals surface area contributed by atoms with Crippen molar-refractivity contribution in [3.8, 4) is 6.07 Å². The summed E-state index contributed by atoms with van der Waals surface area (Å²) in [6.07, 6.45) is 4.10. The number of nitriles is 1. The molecule has 0 saturated heterocycles. The minimum Gasteiger partial charge on any atom is -0.372 e. The first-order valence-electron chi connectivity index (χ1n) is 5.42. The fourth-order valence-electron chi connectivity index (χ4n) is 1.27. The van der Waals surface area contributed by atoms with E-state index in [4.69, 9.17) is 10.00 Å². The normalized spacial score (nSPS) is 14.7. The zero-order valence-electron chi connectivity index (χ0n) is 9.24. The van der Waals surface area contributed by atoms with Gasteiger partial charge in [-0.1, -0.05) is 12.8 Å². The van der Waals surface area contributed by atoms with Gasteiger partial charge in [0.1, 0.15) is 6.61 Å².